The molecule has 0 aliphatic heterocycles. The molecule has 0 amide bonds. The van der Waals surface area contributed by atoms with Crippen LogP contribution in [0.5, 0.6) is 17.2 Å². The molecule has 0 aromatic heterocycles. The van der Waals surface area contributed by atoms with E-state index < -0.39 is 11.4 Å². The van der Waals surface area contributed by atoms with Crippen LogP contribution in [0.2, 0.25) is 0 Å². The highest BCUT2D eigenvalue weighted by Gasteiger charge is 2.29. The van der Waals surface area contributed by atoms with Gasteiger partial charge in [-0.2, -0.15) is 0 Å². The topological polar surface area (TPSA) is 76.0 Å². The lowest BCUT2D eigenvalue weighted by molar-refractivity contribution is -0.146. The number of aliphatic carboxylic acids is 1. The van der Waals surface area contributed by atoms with Gasteiger partial charge >= 0.3 is 5.97 Å². The number of rotatable bonds is 5. The zero-order chi connectivity index (χ0) is 13.9. The van der Waals surface area contributed by atoms with Gasteiger partial charge in [-0.15, -0.1) is 0 Å². The third-order valence-electron chi connectivity index (χ3n) is 2.80. The van der Waals surface area contributed by atoms with Crippen LogP contribution in [-0.2, 0) is 11.2 Å². The monoisotopic (exact) mass is 254 g/mol. The van der Waals surface area contributed by atoms with Gasteiger partial charge in [-0.05, 0) is 31.9 Å². The first-order valence-electron chi connectivity index (χ1n) is 5.49. The van der Waals surface area contributed by atoms with Crippen molar-refractivity contribution < 1.29 is 24.5 Å². The fraction of sp³-hybridized carbons (Fsp3) is 0.462. The molecule has 5 nitrogen and oxygen atoms in total. The van der Waals surface area contributed by atoms with Crippen LogP contribution in [-0.4, -0.2) is 30.4 Å². The molecule has 0 unspecified atom stereocenters. The molecule has 2 N–H and O–H groups in total. The summed E-state index contributed by atoms with van der Waals surface area (Å²) in [6.45, 7) is 3.21. The van der Waals surface area contributed by atoms with E-state index in [1.807, 2.05) is 0 Å². The number of ether oxygens (including phenoxy) is 2. The zero-order valence-electron chi connectivity index (χ0n) is 11.0. The van der Waals surface area contributed by atoms with Crippen LogP contribution in [0.1, 0.15) is 19.4 Å². The molecule has 0 saturated carbocycles. The van der Waals surface area contributed by atoms with Crippen LogP contribution in [0.15, 0.2) is 12.1 Å². The fourth-order valence-electron chi connectivity index (χ4n) is 1.60. The third kappa shape index (κ3) is 2.85. The molecule has 1 rings (SSSR count). The Kier molecular flexibility index (Phi) is 4.06. The van der Waals surface area contributed by atoms with E-state index in [0.29, 0.717) is 17.1 Å². The molecule has 1 aromatic carbocycles. The average molecular weight is 254 g/mol. The average Bonchev–Trinajstić information content (AvgIpc) is 2.30. The van der Waals surface area contributed by atoms with Crippen molar-refractivity contribution >= 4 is 5.97 Å². The van der Waals surface area contributed by atoms with Gasteiger partial charge in [0.15, 0.2) is 11.5 Å². The molecule has 0 atom stereocenters. The van der Waals surface area contributed by atoms with Crippen LogP contribution in [0, 0.1) is 5.41 Å². The van der Waals surface area contributed by atoms with Gasteiger partial charge < -0.3 is 19.7 Å². The summed E-state index contributed by atoms with van der Waals surface area (Å²) in [5.41, 5.74) is -0.447. The Morgan fingerprint density at radius 1 is 1.22 bits per heavy atom. The Morgan fingerprint density at radius 3 is 2.17 bits per heavy atom. The van der Waals surface area contributed by atoms with Crippen molar-refractivity contribution in [1.29, 1.82) is 0 Å². The van der Waals surface area contributed by atoms with Gasteiger partial charge in [0.1, 0.15) is 5.75 Å². The molecular weight excluding hydrogens is 236 g/mol. The van der Waals surface area contributed by atoms with Crippen LogP contribution in [0.3, 0.4) is 0 Å². The fourth-order valence-corrected chi connectivity index (χ4v) is 1.60. The standard InChI is InChI=1S/C13H18O5/c1-13(2,12(15)16)7-8-5-10(17-3)11(18-4)6-9(8)14/h5-6,14H,7H2,1-4H3,(H,15,16). The SMILES string of the molecule is COc1cc(O)c(CC(C)(C)C(=O)O)cc1OC. The lowest BCUT2D eigenvalue weighted by Crippen LogP contribution is -2.26. The smallest absolute Gasteiger partial charge is 0.309 e. The number of hydrogen-bond acceptors (Lipinski definition) is 4. The molecule has 0 spiro atoms. The lowest BCUT2D eigenvalue weighted by atomic mass is 9.85. The molecule has 0 saturated heterocycles. The number of phenols is 1. The largest absolute Gasteiger partial charge is 0.508 e. The molecule has 0 heterocycles. The summed E-state index contributed by atoms with van der Waals surface area (Å²) < 4.78 is 10.2. The summed E-state index contributed by atoms with van der Waals surface area (Å²) in [5, 5.41) is 18.9. The van der Waals surface area contributed by atoms with Gasteiger partial charge in [-0.3, -0.25) is 4.79 Å². The second-order valence-electron chi connectivity index (χ2n) is 4.70. The summed E-state index contributed by atoms with van der Waals surface area (Å²) in [5.74, 6) is -0.0444. The Bertz CT molecular complexity index is 451. The van der Waals surface area contributed by atoms with Crippen molar-refractivity contribution in [3.63, 3.8) is 0 Å². The van der Waals surface area contributed by atoms with Crippen LogP contribution >= 0.6 is 0 Å². The first-order valence-corrected chi connectivity index (χ1v) is 5.49. The van der Waals surface area contributed by atoms with Crippen molar-refractivity contribution in [2.24, 2.45) is 5.41 Å². The van der Waals surface area contributed by atoms with E-state index in [9.17, 15) is 9.90 Å². The van der Waals surface area contributed by atoms with Crippen LogP contribution in [0.4, 0.5) is 0 Å². The Morgan fingerprint density at radius 2 is 1.72 bits per heavy atom. The zero-order valence-corrected chi connectivity index (χ0v) is 11.0. The molecule has 0 fully saturated rings. The van der Waals surface area contributed by atoms with Gasteiger partial charge in [-0.25, -0.2) is 0 Å². The van der Waals surface area contributed by atoms with E-state index in [2.05, 4.69) is 0 Å². The minimum atomic E-state index is -0.961. The maximum atomic E-state index is 11.1. The van der Waals surface area contributed by atoms with E-state index >= 15 is 0 Å². The van der Waals surface area contributed by atoms with Gasteiger partial charge in [0, 0.05) is 6.07 Å². The molecule has 0 aliphatic carbocycles. The summed E-state index contributed by atoms with van der Waals surface area (Å²) in [6.07, 6.45) is 0.203. The van der Waals surface area contributed by atoms with Crippen LogP contribution in [0.25, 0.3) is 0 Å². The Hall–Kier alpha value is -1.91. The quantitative estimate of drug-likeness (QED) is 0.841. The van der Waals surface area contributed by atoms with Crippen molar-refractivity contribution in [1.82, 2.24) is 0 Å². The first kappa shape index (κ1) is 14.2. The number of carboxylic acids is 1. The second kappa shape index (κ2) is 5.16. The lowest BCUT2D eigenvalue weighted by Gasteiger charge is -2.20. The molecule has 100 valence electrons. The minimum absolute atomic E-state index is 0.00183. The van der Waals surface area contributed by atoms with E-state index in [-0.39, 0.29) is 12.2 Å². The summed E-state index contributed by atoms with van der Waals surface area (Å²) in [4.78, 5) is 11.1. The summed E-state index contributed by atoms with van der Waals surface area (Å²) in [6, 6.07) is 3.02. The van der Waals surface area contributed by atoms with E-state index in [1.165, 1.54) is 20.3 Å². The number of methoxy groups -OCH3 is 2. The van der Waals surface area contributed by atoms with Crippen LogP contribution < -0.4 is 9.47 Å². The van der Waals surface area contributed by atoms with Crippen molar-refractivity contribution in [2.75, 3.05) is 14.2 Å². The highest BCUT2D eigenvalue weighted by molar-refractivity contribution is 5.74. The molecular formula is C13H18O5. The highest BCUT2D eigenvalue weighted by Crippen LogP contribution is 2.36. The highest BCUT2D eigenvalue weighted by atomic mass is 16.5. The number of benzene rings is 1. The van der Waals surface area contributed by atoms with Gasteiger partial charge in [0.05, 0.1) is 19.6 Å². The van der Waals surface area contributed by atoms with Gasteiger partial charge in [0.25, 0.3) is 0 Å². The molecule has 18 heavy (non-hydrogen) atoms. The molecule has 0 radical (unpaired) electrons. The molecule has 5 heteroatoms. The maximum Gasteiger partial charge on any atom is 0.309 e. The number of carboxylic acid groups (broad SMARTS) is 1. The van der Waals surface area contributed by atoms with Gasteiger partial charge in [-0.1, -0.05) is 0 Å². The van der Waals surface area contributed by atoms with Crippen molar-refractivity contribution in [3.05, 3.63) is 17.7 Å². The number of phenolic OH excluding ortho intramolecular Hbond substituents is 1. The molecule has 0 aliphatic rings. The van der Waals surface area contributed by atoms with E-state index in [4.69, 9.17) is 14.6 Å². The van der Waals surface area contributed by atoms with Crippen molar-refractivity contribution in [2.45, 2.75) is 20.3 Å². The maximum absolute atomic E-state index is 11.1. The minimum Gasteiger partial charge on any atom is -0.508 e. The Labute approximate surface area is 106 Å². The predicted octanol–water partition coefficient (Wildman–Crippen LogP) is 2.06. The summed E-state index contributed by atoms with van der Waals surface area (Å²) in [7, 11) is 2.96. The third-order valence-corrected chi connectivity index (χ3v) is 2.80. The first-order chi connectivity index (χ1) is 8.31. The number of carbonyl (C=O) groups is 1. The summed E-state index contributed by atoms with van der Waals surface area (Å²) >= 11 is 0. The molecule has 0 bridgehead atoms. The number of aromatic hydroxyl groups is 1. The normalized spacial score (nSPS) is 11.1. The predicted molar refractivity (Wildman–Crippen MR) is 66.3 cm³/mol. The van der Waals surface area contributed by atoms with Gasteiger partial charge in [0.2, 0.25) is 0 Å². The second-order valence-corrected chi connectivity index (χ2v) is 4.70. The number of hydrogen-bond donors (Lipinski definition) is 2. The van der Waals surface area contributed by atoms with E-state index in [0.717, 1.165) is 0 Å². The molecule has 1 aromatic rings. The van der Waals surface area contributed by atoms with Crippen molar-refractivity contribution in [3.8, 4) is 17.2 Å². The van der Waals surface area contributed by atoms with E-state index in [1.54, 1.807) is 19.9 Å². The Balaban J connectivity index is 3.14.